The van der Waals surface area contributed by atoms with Gasteiger partial charge in [-0.15, -0.1) is 0 Å². The monoisotopic (exact) mass is 279 g/mol. The van der Waals surface area contributed by atoms with Crippen LogP contribution in [0.2, 0.25) is 5.02 Å². The molecular weight excluding hydrogens is 266 g/mol. The number of methoxy groups -OCH3 is 1. The molecule has 0 heterocycles. The number of nitrogens with zero attached hydrogens (tertiary/aromatic N) is 1. The summed E-state index contributed by atoms with van der Waals surface area (Å²) in [5, 5.41) is 9.57. The molecule has 0 radical (unpaired) electrons. The smallest absolute Gasteiger partial charge is 0.349 e. The maximum absolute atomic E-state index is 11.7. The summed E-state index contributed by atoms with van der Waals surface area (Å²) in [4.78, 5) is 11.7. The van der Waals surface area contributed by atoms with Gasteiger partial charge >= 0.3 is 5.97 Å². The molecule has 0 saturated carbocycles. The van der Waals surface area contributed by atoms with Crippen molar-refractivity contribution in [1.29, 1.82) is 5.26 Å². The van der Waals surface area contributed by atoms with Crippen molar-refractivity contribution in [2.75, 3.05) is 13.7 Å². The molecule has 0 aliphatic heterocycles. The summed E-state index contributed by atoms with van der Waals surface area (Å²) in [6.45, 7) is 1.98. The largest absolute Gasteiger partial charge is 0.456 e. The third kappa shape index (κ3) is 5.12. The number of rotatable bonds is 5. The first kappa shape index (κ1) is 15.2. The van der Waals surface area contributed by atoms with Crippen LogP contribution >= 0.6 is 11.6 Å². The highest BCUT2D eigenvalue weighted by molar-refractivity contribution is 6.30. The minimum atomic E-state index is -0.665. The summed E-state index contributed by atoms with van der Waals surface area (Å²) in [6.07, 6.45) is 1.05. The predicted octanol–water partition coefficient (Wildman–Crippen LogP) is 2.83. The Morgan fingerprint density at radius 2 is 2.11 bits per heavy atom. The van der Waals surface area contributed by atoms with E-state index in [4.69, 9.17) is 26.3 Å². The molecule has 1 rings (SSSR count). The van der Waals surface area contributed by atoms with Crippen LogP contribution in [0.1, 0.15) is 12.5 Å². The summed E-state index contributed by atoms with van der Waals surface area (Å²) >= 11 is 5.76. The van der Waals surface area contributed by atoms with E-state index in [0.29, 0.717) is 10.6 Å². The van der Waals surface area contributed by atoms with Crippen molar-refractivity contribution in [3.05, 3.63) is 40.4 Å². The van der Waals surface area contributed by atoms with Crippen LogP contribution in [0.5, 0.6) is 0 Å². The molecule has 0 spiro atoms. The quantitative estimate of drug-likeness (QED) is 0.472. The number of ether oxygens (including phenoxy) is 2. The lowest BCUT2D eigenvalue weighted by Gasteiger charge is -2.11. The van der Waals surface area contributed by atoms with Gasteiger partial charge in [0.05, 0.1) is 6.61 Å². The van der Waals surface area contributed by atoms with Crippen LogP contribution in [-0.2, 0) is 14.3 Å². The number of benzene rings is 1. The molecule has 0 N–H and O–H groups in total. The highest BCUT2D eigenvalue weighted by Gasteiger charge is 2.14. The molecule has 5 heteroatoms. The van der Waals surface area contributed by atoms with Crippen molar-refractivity contribution in [2.24, 2.45) is 0 Å². The minimum absolute atomic E-state index is 0.0646. The van der Waals surface area contributed by atoms with E-state index >= 15 is 0 Å². The lowest BCUT2D eigenvalue weighted by atomic mass is 10.1. The number of carbonyl (C=O) groups excluding carboxylic acids is 1. The third-order valence-corrected chi connectivity index (χ3v) is 2.48. The van der Waals surface area contributed by atoms with E-state index < -0.39 is 12.1 Å². The lowest BCUT2D eigenvalue weighted by Crippen LogP contribution is -2.20. The Kier molecular flexibility index (Phi) is 6.07. The van der Waals surface area contributed by atoms with Crippen molar-refractivity contribution in [2.45, 2.75) is 13.0 Å². The zero-order valence-electron chi connectivity index (χ0n) is 10.7. The number of halogens is 1. The highest BCUT2D eigenvalue weighted by Crippen LogP contribution is 2.13. The van der Waals surface area contributed by atoms with Gasteiger partial charge in [0.2, 0.25) is 0 Å². The third-order valence-electron chi connectivity index (χ3n) is 2.23. The molecule has 0 bridgehead atoms. The predicted molar refractivity (Wildman–Crippen MR) is 72.5 cm³/mol. The molecule has 0 fully saturated rings. The van der Waals surface area contributed by atoms with Crippen LogP contribution in [0, 0.1) is 11.3 Å². The van der Waals surface area contributed by atoms with Crippen molar-refractivity contribution in [3.63, 3.8) is 0 Å². The summed E-state index contributed by atoms with van der Waals surface area (Å²) in [7, 11) is 1.51. The van der Waals surface area contributed by atoms with E-state index in [1.165, 1.54) is 13.2 Å². The SMILES string of the molecule is COC[C@H](C)OC(=O)/C(C#N)=C\c1ccc(Cl)cc1. The summed E-state index contributed by atoms with van der Waals surface area (Å²) in [5.41, 5.74) is 0.641. The van der Waals surface area contributed by atoms with E-state index in [1.807, 2.05) is 6.07 Å². The van der Waals surface area contributed by atoms with Crippen molar-refractivity contribution in [1.82, 2.24) is 0 Å². The molecule has 1 aromatic carbocycles. The van der Waals surface area contributed by atoms with Crippen LogP contribution in [0.25, 0.3) is 6.08 Å². The maximum Gasteiger partial charge on any atom is 0.349 e. The Bertz CT molecular complexity index is 502. The minimum Gasteiger partial charge on any atom is -0.456 e. The van der Waals surface area contributed by atoms with Crippen LogP contribution < -0.4 is 0 Å². The zero-order valence-corrected chi connectivity index (χ0v) is 11.5. The van der Waals surface area contributed by atoms with Gasteiger partial charge in [0.15, 0.2) is 0 Å². The average molecular weight is 280 g/mol. The van der Waals surface area contributed by atoms with Crippen molar-refractivity contribution >= 4 is 23.6 Å². The Balaban J connectivity index is 2.80. The van der Waals surface area contributed by atoms with Crippen molar-refractivity contribution in [3.8, 4) is 6.07 Å². The van der Waals surface area contributed by atoms with E-state index in [-0.39, 0.29) is 12.2 Å². The van der Waals surface area contributed by atoms with Gasteiger partial charge < -0.3 is 9.47 Å². The Hall–Kier alpha value is -1.83. The van der Waals surface area contributed by atoms with Crippen molar-refractivity contribution < 1.29 is 14.3 Å². The number of nitriles is 1. The Labute approximate surface area is 117 Å². The van der Waals surface area contributed by atoms with Crippen LogP contribution in [0.4, 0.5) is 0 Å². The van der Waals surface area contributed by atoms with Gasteiger partial charge in [0.1, 0.15) is 17.7 Å². The number of esters is 1. The summed E-state index contributed by atoms with van der Waals surface area (Å²) in [6, 6.07) is 8.62. The lowest BCUT2D eigenvalue weighted by molar-refractivity contribution is -0.145. The highest BCUT2D eigenvalue weighted by atomic mass is 35.5. The molecule has 0 aromatic heterocycles. The van der Waals surface area contributed by atoms with Crippen LogP contribution in [0.15, 0.2) is 29.8 Å². The van der Waals surface area contributed by atoms with Gasteiger partial charge in [-0.25, -0.2) is 4.79 Å². The zero-order chi connectivity index (χ0) is 14.3. The maximum atomic E-state index is 11.7. The Morgan fingerprint density at radius 1 is 1.47 bits per heavy atom. The van der Waals surface area contributed by atoms with Gasteiger partial charge in [-0.3, -0.25) is 0 Å². The van der Waals surface area contributed by atoms with Crippen LogP contribution in [0.3, 0.4) is 0 Å². The average Bonchev–Trinajstić information content (AvgIpc) is 2.38. The van der Waals surface area contributed by atoms with E-state index in [2.05, 4.69) is 0 Å². The molecular formula is C14H14ClNO3. The van der Waals surface area contributed by atoms with Gasteiger partial charge in [-0.05, 0) is 30.7 Å². The Morgan fingerprint density at radius 3 is 2.63 bits per heavy atom. The number of carbonyl (C=O) groups is 1. The molecule has 1 aromatic rings. The van der Waals surface area contributed by atoms with Gasteiger partial charge in [0.25, 0.3) is 0 Å². The number of hydrogen-bond donors (Lipinski definition) is 0. The van der Waals surface area contributed by atoms with Gasteiger partial charge in [0, 0.05) is 12.1 Å². The molecule has 1 atom stereocenters. The molecule has 4 nitrogen and oxygen atoms in total. The van der Waals surface area contributed by atoms with E-state index in [0.717, 1.165) is 0 Å². The first-order valence-corrected chi connectivity index (χ1v) is 6.02. The molecule has 0 saturated heterocycles. The van der Waals surface area contributed by atoms with E-state index in [9.17, 15) is 4.79 Å². The molecule has 0 aliphatic carbocycles. The standard InChI is InChI=1S/C14H14ClNO3/c1-10(9-18-2)19-14(17)12(8-16)7-11-3-5-13(15)6-4-11/h3-7,10H,9H2,1-2H3/b12-7-/t10-/m0/s1. The first-order valence-electron chi connectivity index (χ1n) is 5.64. The number of hydrogen-bond acceptors (Lipinski definition) is 4. The van der Waals surface area contributed by atoms with Gasteiger partial charge in [-0.1, -0.05) is 23.7 Å². The molecule has 0 aliphatic rings. The second kappa shape index (κ2) is 7.57. The second-order valence-electron chi connectivity index (χ2n) is 3.89. The van der Waals surface area contributed by atoms with Gasteiger partial charge in [-0.2, -0.15) is 5.26 Å². The normalized spacial score (nSPS) is 12.6. The fourth-order valence-electron chi connectivity index (χ4n) is 1.38. The van der Waals surface area contributed by atoms with Crippen LogP contribution in [-0.4, -0.2) is 25.8 Å². The first-order chi connectivity index (χ1) is 9.06. The summed E-state index contributed by atoms with van der Waals surface area (Å²) in [5.74, 6) is -0.665. The second-order valence-corrected chi connectivity index (χ2v) is 4.33. The molecule has 19 heavy (non-hydrogen) atoms. The van der Waals surface area contributed by atoms with E-state index in [1.54, 1.807) is 31.2 Å². The fourth-order valence-corrected chi connectivity index (χ4v) is 1.50. The topological polar surface area (TPSA) is 59.3 Å². The molecule has 0 amide bonds. The summed E-state index contributed by atoms with van der Waals surface area (Å²) < 4.78 is 9.91. The molecule has 0 unspecified atom stereocenters. The fraction of sp³-hybridized carbons (Fsp3) is 0.286. The molecule has 100 valence electrons.